The molecule has 0 bridgehead atoms. The standard InChI is InChI=1S/C14H13Cl2N5O/c1-2-21-14(18-19-20-21)17-8-12-3-4-13(22-12)9-5-10(15)7-11(16)6-9/h3-7H,2,8H2,1H3,(H,17,18,20). The van der Waals surface area contributed by atoms with Crippen LogP contribution in [0.1, 0.15) is 12.7 Å². The van der Waals surface area contributed by atoms with Crippen molar-refractivity contribution in [3.05, 3.63) is 46.1 Å². The van der Waals surface area contributed by atoms with E-state index in [4.69, 9.17) is 27.6 Å². The lowest BCUT2D eigenvalue weighted by molar-refractivity contribution is 0.529. The number of hydrogen-bond acceptors (Lipinski definition) is 5. The van der Waals surface area contributed by atoms with E-state index in [9.17, 15) is 0 Å². The number of aryl methyl sites for hydroxylation is 1. The van der Waals surface area contributed by atoms with E-state index in [2.05, 4.69) is 20.8 Å². The number of benzene rings is 1. The van der Waals surface area contributed by atoms with Gasteiger partial charge in [0.25, 0.3) is 0 Å². The maximum absolute atomic E-state index is 6.01. The van der Waals surface area contributed by atoms with Crippen molar-refractivity contribution in [3.8, 4) is 11.3 Å². The van der Waals surface area contributed by atoms with Crippen molar-refractivity contribution in [2.24, 2.45) is 0 Å². The molecule has 0 radical (unpaired) electrons. The average molecular weight is 338 g/mol. The third-order valence-electron chi connectivity index (χ3n) is 3.06. The van der Waals surface area contributed by atoms with Crippen LogP contribution in [0.3, 0.4) is 0 Å². The zero-order valence-corrected chi connectivity index (χ0v) is 13.3. The lowest BCUT2D eigenvalue weighted by Crippen LogP contribution is -2.07. The molecule has 0 aliphatic carbocycles. The van der Waals surface area contributed by atoms with E-state index in [0.717, 1.165) is 11.3 Å². The second kappa shape index (κ2) is 6.37. The Morgan fingerprint density at radius 2 is 1.95 bits per heavy atom. The van der Waals surface area contributed by atoms with Crippen molar-refractivity contribution in [1.29, 1.82) is 0 Å². The molecule has 0 amide bonds. The zero-order valence-electron chi connectivity index (χ0n) is 11.8. The van der Waals surface area contributed by atoms with Crippen molar-refractivity contribution < 1.29 is 4.42 Å². The Kier molecular flexibility index (Phi) is 4.31. The van der Waals surface area contributed by atoms with Gasteiger partial charge in [0.05, 0.1) is 6.54 Å². The molecule has 1 N–H and O–H groups in total. The van der Waals surface area contributed by atoms with E-state index in [-0.39, 0.29) is 0 Å². The van der Waals surface area contributed by atoms with E-state index in [1.54, 1.807) is 22.9 Å². The first-order valence-electron chi connectivity index (χ1n) is 6.71. The minimum Gasteiger partial charge on any atom is -0.459 e. The third kappa shape index (κ3) is 3.23. The molecule has 0 spiro atoms. The fourth-order valence-electron chi connectivity index (χ4n) is 2.03. The third-order valence-corrected chi connectivity index (χ3v) is 3.50. The number of aromatic nitrogens is 4. The highest BCUT2D eigenvalue weighted by molar-refractivity contribution is 6.35. The van der Waals surface area contributed by atoms with E-state index >= 15 is 0 Å². The number of nitrogens with one attached hydrogen (secondary N) is 1. The SMILES string of the molecule is CCn1nnnc1NCc1ccc(-c2cc(Cl)cc(Cl)c2)o1. The molecule has 0 aliphatic heterocycles. The Balaban J connectivity index is 1.74. The summed E-state index contributed by atoms with van der Waals surface area (Å²) < 4.78 is 7.46. The van der Waals surface area contributed by atoms with Crippen molar-refractivity contribution in [3.63, 3.8) is 0 Å². The molecule has 2 heterocycles. The highest BCUT2D eigenvalue weighted by Crippen LogP contribution is 2.28. The van der Waals surface area contributed by atoms with Gasteiger partial charge in [-0.15, -0.1) is 0 Å². The highest BCUT2D eigenvalue weighted by Gasteiger charge is 2.09. The Bertz CT molecular complexity index is 763. The number of hydrogen-bond donors (Lipinski definition) is 1. The van der Waals surface area contributed by atoms with Crippen LogP contribution in [-0.4, -0.2) is 20.2 Å². The number of anilines is 1. The zero-order chi connectivity index (χ0) is 15.5. The quantitative estimate of drug-likeness (QED) is 0.765. The van der Waals surface area contributed by atoms with E-state index in [1.165, 1.54) is 0 Å². The second-order valence-electron chi connectivity index (χ2n) is 4.60. The van der Waals surface area contributed by atoms with Crippen molar-refractivity contribution in [1.82, 2.24) is 20.2 Å². The van der Waals surface area contributed by atoms with Crippen LogP contribution in [0.25, 0.3) is 11.3 Å². The predicted octanol–water partition coefficient (Wildman–Crippen LogP) is 3.87. The summed E-state index contributed by atoms with van der Waals surface area (Å²) in [6, 6.07) is 9.06. The highest BCUT2D eigenvalue weighted by atomic mass is 35.5. The van der Waals surface area contributed by atoms with Gasteiger partial charge < -0.3 is 9.73 Å². The van der Waals surface area contributed by atoms with Crippen LogP contribution in [0.2, 0.25) is 10.0 Å². The lowest BCUT2D eigenvalue weighted by Gasteiger charge is -2.03. The monoisotopic (exact) mass is 337 g/mol. The first-order chi connectivity index (χ1) is 10.7. The summed E-state index contributed by atoms with van der Waals surface area (Å²) in [6.45, 7) is 3.14. The molecule has 6 nitrogen and oxygen atoms in total. The van der Waals surface area contributed by atoms with Crippen LogP contribution in [0.4, 0.5) is 5.95 Å². The van der Waals surface area contributed by atoms with Crippen LogP contribution < -0.4 is 5.32 Å². The van der Waals surface area contributed by atoms with Gasteiger partial charge in [-0.2, -0.15) is 0 Å². The molecule has 0 saturated carbocycles. The lowest BCUT2D eigenvalue weighted by atomic mass is 10.2. The first-order valence-corrected chi connectivity index (χ1v) is 7.46. The fraction of sp³-hybridized carbons (Fsp3) is 0.214. The molecule has 22 heavy (non-hydrogen) atoms. The van der Waals surface area contributed by atoms with Crippen LogP contribution in [0.5, 0.6) is 0 Å². The molecule has 1 aromatic carbocycles. The molecule has 3 aromatic rings. The molecule has 2 aromatic heterocycles. The van der Waals surface area contributed by atoms with Crippen molar-refractivity contribution in [2.45, 2.75) is 20.0 Å². The molecular weight excluding hydrogens is 325 g/mol. The summed E-state index contributed by atoms with van der Waals surface area (Å²) in [5.41, 5.74) is 0.835. The molecule has 0 atom stereocenters. The Hall–Kier alpha value is -2.05. The summed E-state index contributed by atoms with van der Waals surface area (Å²) in [5, 5.41) is 15.6. The topological polar surface area (TPSA) is 68.8 Å². The van der Waals surface area contributed by atoms with Gasteiger partial charge in [0.15, 0.2) is 0 Å². The summed E-state index contributed by atoms with van der Waals surface area (Å²) in [4.78, 5) is 0. The number of rotatable bonds is 5. The largest absolute Gasteiger partial charge is 0.459 e. The Morgan fingerprint density at radius 3 is 2.68 bits per heavy atom. The molecule has 0 fully saturated rings. The van der Waals surface area contributed by atoms with Gasteiger partial charge in [0.1, 0.15) is 11.5 Å². The molecule has 114 valence electrons. The van der Waals surface area contributed by atoms with Gasteiger partial charge in [0, 0.05) is 22.2 Å². The van der Waals surface area contributed by atoms with Gasteiger partial charge in [-0.3, -0.25) is 0 Å². The normalized spacial score (nSPS) is 10.9. The molecule has 3 rings (SSSR count). The first kappa shape index (κ1) is 14.9. The minimum atomic E-state index is 0.481. The minimum absolute atomic E-state index is 0.481. The number of tetrazole rings is 1. The maximum atomic E-state index is 6.01. The molecular formula is C14H13Cl2N5O. The molecule has 0 unspecified atom stereocenters. The summed E-state index contributed by atoms with van der Waals surface area (Å²) >= 11 is 12.0. The second-order valence-corrected chi connectivity index (χ2v) is 5.47. The summed E-state index contributed by atoms with van der Waals surface area (Å²) in [6.07, 6.45) is 0. The van der Waals surface area contributed by atoms with Gasteiger partial charge in [-0.1, -0.05) is 28.3 Å². The van der Waals surface area contributed by atoms with Crippen LogP contribution >= 0.6 is 23.2 Å². The van der Waals surface area contributed by atoms with Crippen LogP contribution in [-0.2, 0) is 13.1 Å². The van der Waals surface area contributed by atoms with Crippen LogP contribution in [0, 0.1) is 0 Å². The average Bonchev–Trinajstić information content (AvgIpc) is 3.13. The maximum Gasteiger partial charge on any atom is 0.243 e. The van der Waals surface area contributed by atoms with Gasteiger partial charge in [-0.05, 0) is 47.7 Å². The Labute approximate surface area is 137 Å². The van der Waals surface area contributed by atoms with Crippen molar-refractivity contribution in [2.75, 3.05) is 5.32 Å². The molecule has 0 saturated heterocycles. The number of furan rings is 1. The summed E-state index contributed by atoms with van der Waals surface area (Å²) in [7, 11) is 0. The van der Waals surface area contributed by atoms with Gasteiger partial charge >= 0.3 is 0 Å². The fourth-order valence-corrected chi connectivity index (χ4v) is 2.56. The van der Waals surface area contributed by atoms with E-state index < -0.39 is 0 Å². The smallest absolute Gasteiger partial charge is 0.243 e. The van der Waals surface area contributed by atoms with Crippen molar-refractivity contribution >= 4 is 29.2 Å². The Morgan fingerprint density at radius 1 is 1.18 bits per heavy atom. The number of nitrogens with zero attached hydrogens (tertiary/aromatic N) is 4. The summed E-state index contributed by atoms with van der Waals surface area (Å²) in [5.74, 6) is 2.07. The van der Waals surface area contributed by atoms with Gasteiger partial charge in [-0.25, -0.2) is 4.68 Å². The predicted molar refractivity (Wildman–Crippen MR) is 85.0 cm³/mol. The van der Waals surface area contributed by atoms with E-state index in [0.29, 0.717) is 34.8 Å². The van der Waals surface area contributed by atoms with Gasteiger partial charge in [0.2, 0.25) is 5.95 Å². The van der Waals surface area contributed by atoms with Crippen LogP contribution in [0.15, 0.2) is 34.7 Å². The number of halogens is 2. The van der Waals surface area contributed by atoms with E-state index in [1.807, 2.05) is 19.1 Å². The molecule has 8 heteroatoms. The molecule has 0 aliphatic rings.